The topological polar surface area (TPSA) is 63.7 Å². The summed E-state index contributed by atoms with van der Waals surface area (Å²) < 4.78 is 11.4. The van der Waals surface area contributed by atoms with E-state index in [0.717, 1.165) is 30.2 Å². The molecule has 6 nitrogen and oxygen atoms in total. The second-order valence-corrected chi connectivity index (χ2v) is 6.43. The lowest BCUT2D eigenvalue weighted by Gasteiger charge is -2.36. The van der Waals surface area contributed by atoms with Gasteiger partial charge in [-0.25, -0.2) is 0 Å². The molecule has 1 aliphatic rings. The number of ether oxygens (including phenoxy) is 2. The first kappa shape index (κ1) is 22.0. The molecule has 7 heteroatoms. The zero-order chi connectivity index (χ0) is 18.9. The summed E-state index contributed by atoms with van der Waals surface area (Å²) in [4.78, 5) is 18.9. The minimum absolute atomic E-state index is 0. The highest BCUT2D eigenvalue weighted by Crippen LogP contribution is 2.27. The number of aromatic nitrogens is 1. The molecule has 152 valence electrons. The molecular weight excluding hydrogens is 378 g/mol. The van der Waals surface area contributed by atoms with Crippen molar-refractivity contribution in [1.29, 1.82) is 0 Å². The van der Waals surface area contributed by atoms with Crippen LogP contribution in [-0.2, 0) is 4.79 Å². The van der Waals surface area contributed by atoms with Gasteiger partial charge in [-0.2, -0.15) is 0 Å². The molecule has 1 saturated heterocycles. The van der Waals surface area contributed by atoms with E-state index in [-0.39, 0.29) is 24.4 Å². The normalized spacial score (nSPS) is 16.2. The molecule has 0 radical (unpaired) electrons. The van der Waals surface area contributed by atoms with Crippen LogP contribution >= 0.6 is 12.4 Å². The SMILES string of the molecule is CCOc1ccccc1OCCCC(=O)N1CCNCC1c1cccnc1.Cl. The second kappa shape index (κ2) is 11.5. The molecule has 3 rings (SSSR count). The molecular formula is C21H28ClN3O3. The highest BCUT2D eigenvalue weighted by atomic mass is 35.5. The number of carbonyl (C=O) groups is 1. The molecule has 28 heavy (non-hydrogen) atoms. The summed E-state index contributed by atoms with van der Waals surface area (Å²) in [6, 6.07) is 11.6. The molecule has 1 fully saturated rings. The van der Waals surface area contributed by atoms with Crippen LogP contribution in [0.15, 0.2) is 48.8 Å². The van der Waals surface area contributed by atoms with E-state index in [9.17, 15) is 4.79 Å². The van der Waals surface area contributed by atoms with Crippen LogP contribution in [0.2, 0.25) is 0 Å². The van der Waals surface area contributed by atoms with E-state index in [1.807, 2.05) is 54.4 Å². The molecule has 0 saturated carbocycles. The third-order valence-electron chi connectivity index (χ3n) is 4.57. The highest BCUT2D eigenvalue weighted by molar-refractivity contribution is 5.85. The Labute approximate surface area is 172 Å². The number of amides is 1. The van der Waals surface area contributed by atoms with Gasteiger partial charge in [-0.3, -0.25) is 9.78 Å². The van der Waals surface area contributed by atoms with Crippen LogP contribution in [0.5, 0.6) is 11.5 Å². The number of hydrogen-bond acceptors (Lipinski definition) is 5. The van der Waals surface area contributed by atoms with Gasteiger partial charge in [-0.05, 0) is 37.1 Å². The summed E-state index contributed by atoms with van der Waals surface area (Å²) >= 11 is 0. The molecule has 1 atom stereocenters. The number of benzene rings is 1. The summed E-state index contributed by atoms with van der Waals surface area (Å²) in [6.45, 7) is 5.32. The number of halogens is 1. The van der Waals surface area contributed by atoms with Gasteiger partial charge in [0.25, 0.3) is 0 Å². The van der Waals surface area contributed by atoms with E-state index >= 15 is 0 Å². The zero-order valence-electron chi connectivity index (χ0n) is 16.2. The summed E-state index contributed by atoms with van der Waals surface area (Å²) in [5.74, 6) is 1.62. The van der Waals surface area contributed by atoms with Crippen molar-refractivity contribution in [2.45, 2.75) is 25.8 Å². The molecule has 0 spiro atoms. The van der Waals surface area contributed by atoms with Crippen LogP contribution in [-0.4, -0.2) is 48.6 Å². The molecule has 0 aliphatic carbocycles. The van der Waals surface area contributed by atoms with Crippen molar-refractivity contribution in [3.05, 3.63) is 54.4 Å². The molecule has 2 aromatic rings. The van der Waals surface area contributed by atoms with Crippen molar-refractivity contribution in [2.75, 3.05) is 32.8 Å². The predicted molar refractivity (Wildman–Crippen MR) is 111 cm³/mol. The lowest BCUT2D eigenvalue weighted by Crippen LogP contribution is -2.48. The van der Waals surface area contributed by atoms with Gasteiger partial charge in [0.05, 0.1) is 19.3 Å². The van der Waals surface area contributed by atoms with Gasteiger partial charge in [0.15, 0.2) is 11.5 Å². The van der Waals surface area contributed by atoms with E-state index in [4.69, 9.17) is 9.47 Å². The summed E-state index contributed by atoms with van der Waals surface area (Å²) in [5, 5.41) is 3.36. The molecule has 1 aromatic carbocycles. The maximum atomic E-state index is 12.8. The number of para-hydroxylation sites is 2. The first-order chi connectivity index (χ1) is 13.3. The molecule has 1 N–H and O–H groups in total. The standard InChI is InChI=1S/C21H27N3O3.ClH/c1-2-26-19-8-3-4-9-20(19)27-14-6-10-21(25)24-13-12-23-16-18(24)17-7-5-11-22-15-17;/h3-5,7-9,11,15,18,23H,2,6,10,12-14,16H2,1H3;1H. The van der Waals surface area contributed by atoms with Crippen molar-refractivity contribution in [1.82, 2.24) is 15.2 Å². The molecule has 1 amide bonds. The van der Waals surface area contributed by atoms with Crippen molar-refractivity contribution < 1.29 is 14.3 Å². The summed E-state index contributed by atoms with van der Waals surface area (Å²) in [7, 11) is 0. The average Bonchev–Trinajstić information content (AvgIpc) is 2.73. The maximum Gasteiger partial charge on any atom is 0.223 e. The van der Waals surface area contributed by atoms with E-state index < -0.39 is 0 Å². The van der Waals surface area contributed by atoms with Gasteiger partial charge >= 0.3 is 0 Å². The Balaban J connectivity index is 0.00000280. The van der Waals surface area contributed by atoms with Crippen LogP contribution in [0, 0.1) is 0 Å². The van der Waals surface area contributed by atoms with Crippen molar-refractivity contribution in [3.63, 3.8) is 0 Å². The molecule has 0 bridgehead atoms. The Morgan fingerprint density at radius 1 is 1.21 bits per heavy atom. The summed E-state index contributed by atoms with van der Waals surface area (Å²) in [6.07, 6.45) is 4.73. The Bertz CT molecular complexity index is 730. The maximum absolute atomic E-state index is 12.8. The number of nitrogens with zero attached hydrogens (tertiary/aromatic N) is 2. The number of rotatable bonds is 8. The third-order valence-corrected chi connectivity index (χ3v) is 4.57. The Morgan fingerprint density at radius 2 is 2.00 bits per heavy atom. The fourth-order valence-electron chi connectivity index (χ4n) is 3.27. The smallest absolute Gasteiger partial charge is 0.223 e. The molecule has 1 unspecified atom stereocenters. The van der Waals surface area contributed by atoms with E-state index in [1.165, 1.54) is 0 Å². The Morgan fingerprint density at radius 3 is 2.71 bits per heavy atom. The Kier molecular flexibility index (Phi) is 9.04. The van der Waals surface area contributed by atoms with Crippen molar-refractivity contribution in [3.8, 4) is 11.5 Å². The first-order valence-corrected chi connectivity index (χ1v) is 9.54. The van der Waals surface area contributed by atoms with Crippen LogP contribution in [0.4, 0.5) is 0 Å². The van der Waals surface area contributed by atoms with Crippen molar-refractivity contribution >= 4 is 18.3 Å². The van der Waals surface area contributed by atoms with Gasteiger partial charge in [0, 0.05) is 38.4 Å². The molecule has 1 aromatic heterocycles. The number of hydrogen-bond donors (Lipinski definition) is 1. The largest absolute Gasteiger partial charge is 0.490 e. The fourth-order valence-corrected chi connectivity index (χ4v) is 3.27. The quantitative estimate of drug-likeness (QED) is 0.683. The van der Waals surface area contributed by atoms with Crippen molar-refractivity contribution in [2.24, 2.45) is 0 Å². The lowest BCUT2D eigenvalue weighted by molar-refractivity contribution is -0.134. The summed E-state index contributed by atoms with van der Waals surface area (Å²) in [5.41, 5.74) is 1.07. The third kappa shape index (κ3) is 5.84. The monoisotopic (exact) mass is 405 g/mol. The predicted octanol–water partition coefficient (Wildman–Crippen LogP) is 3.23. The minimum atomic E-state index is 0. The Hall–Kier alpha value is -2.31. The lowest BCUT2D eigenvalue weighted by atomic mass is 10.0. The number of piperazine rings is 1. The van der Waals surface area contributed by atoms with Gasteiger partial charge in [0.2, 0.25) is 5.91 Å². The van der Waals surface area contributed by atoms with Gasteiger partial charge in [-0.15, -0.1) is 12.4 Å². The van der Waals surface area contributed by atoms with Crippen LogP contribution in [0.25, 0.3) is 0 Å². The first-order valence-electron chi connectivity index (χ1n) is 9.54. The number of carbonyl (C=O) groups excluding carboxylic acids is 1. The highest BCUT2D eigenvalue weighted by Gasteiger charge is 2.27. The van der Waals surface area contributed by atoms with E-state index in [1.54, 1.807) is 6.20 Å². The van der Waals surface area contributed by atoms with E-state index in [0.29, 0.717) is 32.6 Å². The fraction of sp³-hybridized carbons (Fsp3) is 0.429. The second-order valence-electron chi connectivity index (χ2n) is 6.43. The minimum Gasteiger partial charge on any atom is -0.490 e. The van der Waals surface area contributed by atoms with Crippen LogP contribution in [0.1, 0.15) is 31.4 Å². The average molecular weight is 406 g/mol. The molecule has 2 heterocycles. The number of nitrogens with one attached hydrogen (secondary N) is 1. The van der Waals surface area contributed by atoms with E-state index in [2.05, 4.69) is 10.3 Å². The van der Waals surface area contributed by atoms with Gasteiger partial charge < -0.3 is 19.7 Å². The molecule has 1 aliphatic heterocycles. The van der Waals surface area contributed by atoms with Crippen LogP contribution in [0.3, 0.4) is 0 Å². The number of pyridine rings is 1. The van der Waals surface area contributed by atoms with Crippen LogP contribution < -0.4 is 14.8 Å². The van der Waals surface area contributed by atoms with Gasteiger partial charge in [-0.1, -0.05) is 18.2 Å². The zero-order valence-corrected chi connectivity index (χ0v) is 17.0. The van der Waals surface area contributed by atoms with Gasteiger partial charge in [0.1, 0.15) is 0 Å².